The summed E-state index contributed by atoms with van der Waals surface area (Å²) in [5, 5.41) is 9.01. The van der Waals surface area contributed by atoms with Gasteiger partial charge in [-0.05, 0) is 60.9 Å². The second kappa shape index (κ2) is 12.4. The molecule has 1 unspecified atom stereocenters. The Morgan fingerprint density at radius 3 is 2.39 bits per heavy atom. The van der Waals surface area contributed by atoms with Crippen molar-refractivity contribution in [3.63, 3.8) is 0 Å². The van der Waals surface area contributed by atoms with Crippen LogP contribution in [0.25, 0.3) is 6.08 Å². The van der Waals surface area contributed by atoms with Gasteiger partial charge >= 0.3 is 0 Å². The number of unbranched alkanes of at least 4 members (excludes halogenated alkanes) is 1. The zero-order valence-electron chi connectivity index (χ0n) is 18.3. The lowest BCUT2D eigenvalue weighted by atomic mass is 9.91. The van der Waals surface area contributed by atoms with Crippen LogP contribution in [0.5, 0.6) is 5.75 Å². The lowest BCUT2D eigenvalue weighted by Crippen LogP contribution is -2.04. The predicted octanol–water partition coefficient (Wildman–Crippen LogP) is 7.24. The molecule has 0 spiro atoms. The molecule has 0 N–H and O–H groups in total. The van der Waals surface area contributed by atoms with Gasteiger partial charge in [0, 0.05) is 5.56 Å². The van der Waals surface area contributed by atoms with E-state index in [0.717, 1.165) is 50.0 Å². The van der Waals surface area contributed by atoms with Crippen LogP contribution in [0.1, 0.15) is 48.4 Å². The third-order valence-corrected chi connectivity index (χ3v) is 5.45. The number of ether oxygens (including phenoxy) is 1. The van der Waals surface area contributed by atoms with Crippen LogP contribution >= 0.6 is 0 Å². The minimum Gasteiger partial charge on any atom is -0.493 e. The largest absolute Gasteiger partial charge is 0.493 e. The molecule has 0 saturated carbocycles. The van der Waals surface area contributed by atoms with E-state index >= 15 is 0 Å². The summed E-state index contributed by atoms with van der Waals surface area (Å²) in [6.07, 6.45) is 9.79. The van der Waals surface area contributed by atoms with Crippen LogP contribution in [-0.2, 0) is 12.8 Å². The fraction of sp³-hybridized carbons (Fsp3) is 0.276. The van der Waals surface area contributed by atoms with Gasteiger partial charge in [0.1, 0.15) is 5.75 Å². The quantitative estimate of drug-likeness (QED) is 0.313. The number of nitriles is 1. The Labute approximate surface area is 186 Å². The van der Waals surface area contributed by atoms with Crippen LogP contribution in [0.3, 0.4) is 0 Å². The van der Waals surface area contributed by atoms with Crippen molar-refractivity contribution in [2.45, 2.75) is 39.0 Å². The number of para-hydroxylation sites is 1. The minimum absolute atomic E-state index is 0.418. The van der Waals surface area contributed by atoms with E-state index in [4.69, 9.17) is 10.00 Å². The summed E-state index contributed by atoms with van der Waals surface area (Å²) in [5.41, 5.74) is 4.47. The van der Waals surface area contributed by atoms with Crippen LogP contribution in [-0.4, -0.2) is 6.61 Å². The molecule has 31 heavy (non-hydrogen) atoms. The summed E-state index contributed by atoms with van der Waals surface area (Å²) in [4.78, 5) is 0. The number of allylic oxidation sites excluding steroid dienone is 1. The Balaban J connectivity index is 1.72. The minimum atomic E-state index is 0.418. The van der Waals surface area contributed by atoms with Crippen LogP contribution < -0.4 is 4.74 Å². The highest BCUT2D eigenvalue weighted by Crippen LogP contribution is 2.23. The van der Waals surface area contributed by atoms with Gasteiger partial charge in [0.05, 0.1) is 18.2 Å². The van der Waals surface area contributed by atoms with Crippen molar-refractivity contribution in [3.05, 3.63) is 107 Å². The maximum Gasteiger partial charge on any atom is 0.126 e. The van der Waals surface area contributed by atoms with Crippen molar-refractivity contribution in [2.75, 3.05) is 6.61 Å². The maximum atomic E-state index is 9.01. The van der Waals surface area contributed by atoms with Crippen molar-refractivity contribution in [2.24, 2.45) is 5.92 Å². The average molecular weight is 410 g/mol. The second-order valence-corrected chi connectivity index (χ2v) is 7.90. The van der Waals surface area contributed by atoms with Gasteiger partial charge in [-0.1, -0.05) is 86.2 Å². The summed E-state index contributed by atoms with van der Waals surface area (Å²) < 4.78 is 6.00. The van der Waals surface area contributed by atoms with Crippen LogP contribution in [0.2, 0.25) is 0 Å². The lowest BCUT2D eigenvalue weighted by Gasteiger charge is -2.14. The molecule has 0 radical (unpaired) electrons. The van der Waals surface area contributed by atoms with E-state index in [9.17, 15) is 0 Å². The van der Waals surface area contributed by atoms with Crippen molar-refractivity contribution >= 4 is 6.08 Å². The van der Waals surface area contributed by atoms with Gasteiger partial charge in [-0.25, -0.2) is 0 Å². The molecule has 2 nitrogen and oxygen atoms in total. The zero-order chi connectivity index (χ0) is 21.7. The summed E-state index contributed by atoms with van der Waals surface area (Å²) in [5.74, 6) is 1.37. The molecule has 0 aromatic heterocycles. The standard InChI is InChI=1S/C29H31NO/c1-2-3-21-31-29-12-8-7-11-28(29)20-19-26(22-25-9-5-4-6-10-25)16-13-24-14-17-27(23-30)18-15-24/h4-12,14-15,17-20,26H,2-3,13,16,21-22H2,1H3/b20-19+. The molecule has 0 aliphatic heterocycles. The summed E-state index contributed by atoms with van der Waals surface area (Å²) in [6.45, 7) is 2.94. The number of aryl methyl sites for hydroxylation is 1. The van der Waals surface area contributed by atoms with Crippen molar-refractivity contribution in [1.82, 2.24) is 0 Å². The first-order valence-electron chi connectivity index (χ1n) is 11.2. The van der Waals surface area contributed by atoms with Gasteiger partial charge in [0.25, 0.3) is 0 Å². The van der Waals surface area contributed by atoms with Gasteiger partial charge in [0.15, 0.2) is 0 Å². The predicted molar refractivity (Wildman–Crippen MR) is 129 cm³/mol. The Morgan fingerprint density at radius 1 is 0.903 bits per heavy atom. The maximum absolute atomic E-state index is 9.01. The first kappa shape index (κ1) is 22.4. The Kier molecular flexibility index (Phi) is 8.95. The van der Waals surface area contributed by atoms with Gasteiger partial charge in [-0.15, -0.1) is 0 Å². The molecule has 0 fully saturated rings. The molecule has 0 aliphatic rings. The van der Waals surface area contributed by atoms with Gasteiger partial charge in [-0.3, -0.25) is 0 Å². The molecule has 0 heterocycles. The normalized spacial score (nSPS) is 11.9. The summed E-state index contributed by atoms with van der Waals surface area (Å²) in [7, 11) is 0. The van der Waals surface area contributed by atoms with Crippen molar-refractivity contribution < 1.29 is 4.74 Å². The smallest absolute Gasteiger partial charge is 0.126 e. The molecular weight excluding hydrogens is 378 g/mol. The number of nitrogens with zero attached hydrogens (tertiary/aromatic N) is 1. The first-order valence-corrected chi connectivity index (χ1v) is 11.2. The van der Waals surface area contributed by atoms with E-state index in [1.807, 2.05) is 18.2 Å². The molecular formula is C29H31NO. The monoisotopic (exact) mass is 409 g/mol. The fourth-order valence-electron chi connectivity index (χ4n) is 3.60. The number of hydrogen-bond acceptors (Lipinski definition) is 2. The lowest BCUT2D eigenvalue weighted by molar-refractivity contribution is 0.309. The molecule has 3 rings (SSSR count). The van der Waals surface area contributed by atoms with E-state index in [1.165, 1.54) is 11.1 Å². The third kappa shape index (κ3) is 7.46. The molecule has 0 bridgehead atoms. The number of rotatable bonds is 11. The molecule has 0 aliphatic carbocycles. The Hall–Kier alpha value is -3.31. The van der Waals surface area contributed by atoms with Crippen LogP contribution in [0.15, 0.2) is 84.9 Å². The van der Waals surface area contributed by atoms with Gasteiger partial charge in [0.2, 0.25) is 0 Å². The van der Waals surface area contributed by atoms with Crippen LogP contribution in [0, 0.1) is 17.2 Å². The topological polar surface area (TPSA) is 33.0 Å². The second-order valence-electron chi connectivity index (χ2n) is 7.90. The van der Waals surface area contributed by atoms with Crippen LogP contribution in [0.4, 0.5) is 0 Å². The average Bonchev–Trinajstić information content (AvgIpc) is 2.82. The molecule has 1 atom stereocenters. The van der Waals surface area contributed by atoms with E-state index in [-0.39, 0.29) is 0 Å². The van der Waals surface area contributed by atoms with Crippen molar-refractivity contribution in [1.29, 1.82) is 5.26 Å². The molecule has 0 saturated heterocycles. The summed E-state index contributed by atoms with van der Waals surface area (Å²) in [6, 6.07) is 29.1. The SMILES string of the molecule is CCCCOc1ccccc1/C=C/C(CCc1ccc(C#N)cc1)Cc1ccccc1. The molecule has 0 amide bonds. The highest BCUT2D eigenvalue weighted by atomic mass is 16.5. The van der Waals surface area contributed by atoms with Gasteiger partial charge in [-0.2, -0.15) is 5.26 Å². The number of hydrogen-bond donors (Lipinski definition) is 0. The number of benzene rings is 3. The fourth-order valence-corrected chi connectivity index (χ4v) is 3.60. The van der Waals surface area contributed by atoms with Crippen molar-refractivity contribution in [3.8, 4) is 11.8 Å². The molecule has 2 heteroatoms. The van der Waals surface area contributed by atoms with E-state index < -0.39 is 0 Å². The zero-order valence-corrected chi connectivity index (χ0v) is 18.3. The molecule has 3 aromatic rings. The molecule has 3 aromatic carbocycles. The van der Waals surface area contributed by atoms with E-state index in [2.05, 4.69) is 85.8 Å². The first-order chi connectivity index (χ1) is 15.3. The Morgan fingerprint density at radius 2 is 1.65 bits per heavy atom. The van der Waals surface area contributed by atoms with E-state index in [1.54, 1.807) is 0 Å². The highest BCUT2D eigenvalue weighted by molar-refractivity contribution is 5.57. The third-order valence-electron chi connectivity index (χ3n) is 5.45. The van der Waals surface area contributed by atoms with E-state index in [0.29, 0.717) is 11.5 Å². The summed E-state index contributed by atoms with van der Waals surface area (Å²) >= 11 is 0. The molecule has 158 valence electrons. The Bertz CT molecular complexity index is 983. The highest BCUT2D eigenvalue weighted by Gasteiger charge is 2.08. The van der Waals surface area contributed by atoms with Gasteiger partial charge < -0.3 is 4.74 Å².